The number of hydrogen-bond donors (Lipinski definition) is 0. The summed E-state index contributed by atoms with van der Waals surface area (Å²) in [6, 6.07) is 4.09. The number of amides is 1. The van der Waals surface area contributed by atoms with Crippen molar-refractivity contribution in [2.45, 2.75) is 44.4 Å². The number of piperidine rings is 1. The van der Waals surface area contributed by atoms with Crippen LogP contribution in [0.15, 0.2) is 17.5 Å². The van der Waals surface area contributed by atoms with Gasteiger partial charge in [0.05, 0.1) is 10.7 Å². The Morgan fingerprint density at radius 2 is 1.92 bits per heavy atom. The fraction of sp³-hybridized carbons (Fsp3) is 0.500. The maximum absolute atomic E-state index is 12.6. The molecular weight excluding hydrogens is 348 g/mol. The highest BCUT2D eigenvalue weighted by molar-refractivity contribution is 7.09. The van der Waals surface area contributed by atoms with E-state index in [9.17, 15) is 4.79 Å². The van der Waals surface area contributed by atoms with Gasteiger partial charge in [-0.1, -0.05) is 0 Å². The molecule has 0 unspecified atom stereocenters. The lowest BCUT2D eigenvalue weighted by Gasteiger charge is -2.30. The van der Waals surface area contributed by atoms with Crippen molar-refractivity contribution in [2.75, 3.05) is 13.1 Å². The van der Waals surface area contributed by atoms with Gasteiger partial charge in [-0.3, -0.25) is 4.79 Å². The zero-order valence-corrected chi connectivity index (χ0v) is 15.4. The van der Waals surface area contributed by atoms with Gasteiger partial charge >= 0.3 is 0 Å². The van der Waals surface area contributed by atoms with Gasteiger partial charge in [0, 0.05) is 30.3 Å². The summed E-state index contributed by atoms with van der Waals surface area (Å²) in [5.74, 6) is 1.86. The van der Waals surface area contributed by atoms with E-state index in [1.54, 1.807) is 0 Å². The number of hydrogen-bond acceptors (Lipinski definition) is 6. The average Bonchev–Trinajstić information content (AvgIpc) is 3.30. The molecule has 1 saturated heterocycles. The van der Waals surface area contributed by atoms with Crippen molar-refractivity contribution in [3.63, 3.8) is 0 Å². The van der Waals surface area contributed by atoms with Gasteiger partial charge in [0.1, 0.15) is 5.69 Å². The van der Waals surface area contributed by atoms with E-state index in [1.807, 2.05) is 27.8 Å². The summed E-state index contributed by atoms with van der Waals surface area (Å²) < 4.78 is 1.92. The molecule has 4 heterocycles. The zero-order chi connectivity index (χ0) is 17.7. The third-order valence-electron chi connectivity index (χ3n) is 5.29. The van der Waals surface area contributed by atoms with E-state index in [0.717, 1.165) is 48.1 Å². The third kappa shape index (κ3) is 2.78. The van der Waals surface area contributed by atoms with Crippen molar-refractivity contribution in [3.8, 4) is 0 Å². The minimum Gasteiger partial charge on any atom is -0.337 e. The number of likely N-dealkylation sites (tertiary alicyclic amines) is 1. The Hall–Kier alpha value is -2.35. The monoisotopic (exact) mass is 368 g/mol. The van der Waals surface area contributed by atoms with Crippen LogP contribution in [-0.4, -0.2) is 48.7 Å². The summed E-state index contributed by atoms with van der Waals surface area (Å²) in [5.41, 5.74) is 2.51. The number of rotatable bonds is 3. The number of aryl methyl sites for hydroxylation is 1. The molecule has 0 radical (unpaired) electrons. The summed E-state index contributed by atoms with van der Waals surface area (Å²) in [4.78, 5) is 18.8. The lowest BCUT2D eigenvalue weighted by molar-refractivity contribution is 0.0705. The standard InChI is InChI=1S/C18H20N6OS/c1-11-19-15(10-26-11)18(25)23-8-6-13(7-9-23)17-21-20-16-5-4-14(12-2-3-12)22-24(16)17/h4-5,10,12-13H,2-3,6-9H2,1H3. The molecule has 1 aliphatic carbocycles. The second-order valence-electron chi connectivity index (χ2n) is 7.18. The summed E-state index contributed by atoms with van der Waals surface area (Å²) >= 11 is 1.52. The second kappa shape index (κ2) is 6.12. The predicted molar refractivity (Wildman–Crippen MR) is 97.5 cm³/mol. The number of aromatic nitrogens is 5. The zero-order valence-electron chi connectivity index (χ0n) is 14.6. The van der Waals surface area contributed by atoms with Gasteiger partial charge in [-0.05, 0) is 44.7 Å². The molecule has 1 aliphatic heterocycles. The van der Waals surface area contributed by atoms with E-state index in [-0.39, 0.29) is 11.8 Å². The molecule has 134 valence electrons. The maximum atomic E-state index is 12.6. The Kier molecular flexibility index (Phi) is 3.74. The van der Waals surface area contributed by atoms with E-state index < -0.39 is 0 Å². The van der Waals surface area contributed by atoms with Gasteiger partial charge in [-0.25, -0.2) is 4.98 Å². The molecule has 0 spiro atoms. The van der Waals surface area contributed by atoms with Crippen molar-refractivity contribution in [1.82, 2.24) is 29.7 Å². The number of nitrogens with zero attached hydrogens (tertiary/aromatic N) is 6. The van der Waals surface area contributed by atoms with Crippen LogP contribution in [0.1, 0.15) is 64.5 Å². The van der Waals surface area contributed by atoms with E-state index >= 15 is 0 Å². The molecule has 1 saturated carbocycles. The first-order chi connectivity index (χ1) is 12.7. The smallest absolute Gasteiger partial charge is 0.273 e. The SMILES string of the molecule is Cc1nc(C(=O)N2CCC(c3nnc4ccc(C5CC5)nn34)CC2)cs1. The summed E-state index contributed by atoms with van der Waals surface area (Å²) in [5, 5.41) is 16.2. The van der Waals surface area contributed by atoms with Gasteiger partial charge in [0.25, 0.3) is 5.91 Å². The summed E-state index contributed by atoms with van der Waals surface area (Å²) in [6.07, 6.45) is 4.22. The molecule has 0 N–H and O–H groups in total. The molecule has 1 amide bonds. The predicted octanol–water partition coefficient (Wildman–Crippen LogP) is 2.79. The highest BCUT2D eigenvalue weighted by Crippen LogP contribution is 2.39. The first kappa shape index (κ1) is 15.9. The first-order valence-electron chi connectivity index (χ1n) is 9.12. The van der Waals surface area contributed by atoms with Crippen LogP contribution in [-0.2, 0) is 0 Å². The van der Waals surface area contributed by atoms with Crippen molar-refractivity contribution in [3.05, 3.63) is 39.7 Å². The maximum Gasteiger partial charge on any atom is 0.273 e. The highest BCUT2D eigenvalue weighted by atomic mass is 32.1. The Morgan fingerprint density at radius 1 is 1.12 bits per heavy atom. The van der Waals surface area contributed by atoms with Crippen LogP contribution in [0, 0.1) is 6.92 Å². The summed E-state index contributed by atoms with van der Waals surface area (Å²) in [7, 11) is 0. The molecule has 26 heavy (non-hydrogen) atoms. The molecule has 8 heteroatoms. The minimum absolute atomic E-state index is 0.0352. The van der Waals surface area contributed by atoms with Crippen LogP contribution in [0.2, 0.25) is 0 Å². The van der Waals surface area contributed by atoms with Gasteiger partial charge in [-0.15, -0.1) is 21.5 Å². The fourth-order valence-corrected chi connectivity index (χ4v) is 4.22. The van der Waals surface area contributed by atoms with Crippen molar-refractivity contribution in [2.24, 2.45) is 0 Å². The van der Waals surface area contributed by atoms with Crippen LogP contribution in [0.5, 0.6) is 0 Å². The quantitative estimate of drug-likeness (QED) is 0.710. The largest absolute Gasteiger partial charge is 0.337 e. The Morgan fingerprint density at radius 3 is 2.62 bits per heavy atom. The lowest BCUT2D eigenvalue weighted by Crippen LogP contribution is -2.38. The van der Waals surface area contributed by atoms with Crippen LogP contribution in [0.4, 0.5) is 0 Å². The third-order valence-corrected chi connectivity index (χ3v) is 6.06. The topological polar surface area (TPSA) is 76.3 Å². The van der Waals surface area contributed by atoms with Gasteiger partial charge in [0.15, 0.2) is 11.5 Å². The number of fused-ring (bicyclic) bond motifs is 1. The molecule has 3 aromatic rings. The molecule has 3 aromatic heterocycles. The van der Waals surface area contributed by atoms with Gasteiger partial charge in [-0.2, -0.15) is 9.61 Å². The van der Waals surface area contributed by atoms with Gasteiger partial charge < -0.3 is 4.90 Å². The van der Waals surface area contributed by atoms with Crippen molar-refractivity contribution in [1.29, 1.82) is 0 Å². The molecule has 5 rings (SSSR count). The molecule has 0 bridgehead atoms. The van der Waals surface area contributed by atoms with Crippen LogP contribution in [0.25, 0.3) is 5.65 Å². The Bertz CT molecular complexity index is 967. The Labute approximate surface area is 155 Å². The van der Waals surface area contributed by atoms with E-state index in [2.05, 4.69) is 21.2 Å². The summed E-state index contributed by atoms with van der Waals surface area (Å²) in [6.45, 7) is 3.36. The van der Waals surface area contributed by atoms with Crippen LogP contribution in [0.3, 0.4) is 0 Å². The number of thiazole rings is 1. The number of carbonyl (C=O) groups is 1. The second-order valence-corrected chi connectivity index (χ2v) is 8.24. The van der Waals surface area contributed by atoms with E-state index in [4.69, 9.17) is 5.10 Å². The van der Waals surface area contributed by atoms with Crippen molar-refractivity contribution >= 4 is 22.9 Å². The van der Waals surface area contributed by atoms with Gasteiger partial charge in [0.2, 0.25) is 0 Å². The van der Waals surface area contributed by atoms with Crippen LogP contribution >= 0.6 is 11.3 Å². The molecule has 2 aliphatic rings. The van der Waals surface area contributed by atoms with E-state index in [1.165, 1.54) is 24.2 Å². The van der Waals surface area contributed by atoms with Crippen molar-refractivity contribution < 1.29 is 4.79 Å². The first-order valence-corrected chi connectivity index (χ1v) is 10.0. The minimum atomic E-state index is 0.0352. The normalized spacial score (nSPS) is 18.6. The highest BCUT2D eigenvalue weighted by Gasteiger charge is 2.30. The fourth-order valence-electron chi connectivity index (χ4n) is 3.64. The molecule has 0 atom stereocenters. The molecule has 2 fully saturated rings. The molecular formula is C18H20N6OS. The molecule has 0 aromatic carbocycles. The average molecular weight is 368 g/mol. The lowest BCUT2D eigenvalue weighted by atomic mass is 9.96. The Balaban J connectivity index is 1.33. The number of carbonyl (C=O) groups excluding carboxylic acids is 1. The van der Waals surface area contributed by atoms with E-state index in [0.29, 0.717) is 11.6 Å². The molecule has 7 nitrogen and oxygen atoms in total. The van der Waals surface area contributed by atoms with Crippen LogP contribution < -0.4 is 0 Å².